The molecule has 3 N–H and O–H groups in total. The van der Waals surface area contributed by atoms with E-state index >= 15 is 0 Å². The van der Waals surface area contributed by atoms with Crippen molar-refractivity contribution in [2.45, 2.75) is 4.90 Å². The number of benzene rings is 3. The van der Waals surface area contributed by atoms with E-state index in [2.05, 4.69) is 0 Å². The maximum atomic E-state index is 14.7. The van der Waals surface area contributed by atoms with Crippen LogP contribution in [0.15, 0.2) is 47.4 Å². The molecule has 0 unspecified atom stereocenters. The van der Waals surface area contributed by atoms with Crippen molar-refractivity contribution >= 4 is 33.3 Å². The van der Waals surface area contributed by atoms with Gasteiger partial charge in [0.05, 0.1) is 16.3 Å². The molecule has 1 aliphatic rings. The van der Waals surface area contributed by atoms with Crippen molar-refractivity contribution in [3.8, 4) is 28.4 Å². The zero-order chi connectivity index (χ0) is 23.9. The number of ether oxygens (including phenoxy) is 2. The third-order valence-corrected chi connectivity index (χ3v) is 6.35. The highest BCUT2D eigenvalue weighted by Crippen LogP contribution is 2.39. The van der Waals surface area contributed by atoms with Crippen molar-refractivity contribution in [1.29, 1.82) is 0 Å². The summed E-state index contributed by atoms with van der Waals surface area (Å²) in [5, 5.41) is 19.6. The van der Waals surface area contributed by atoms with Crippen LogP contribution in [0.5, 0.6) is 17.2 Å². The first kappa shape index (κ1) is 22.6. The van der Waals surface area contributed by atoms with Gasteiger partial charge in [0.1, 0.15) is 41.2 Å². The van der Waals surface area contributed by atoms with E-state index in [0.717, 1.165) is 24.3 Å². The number of carbonyl (C=O) groups is 1. The van der Waals surface area contributed by atoms with E-state index in [1.165, 1.54) is 12.1 Å². The van der Waals surface area contributed by atoms with Crippen molar-refractivity contribution in [3.63, 3.8) is 0 Å². The molecule has 0 radical (unpaired) electrons. The number of aromatic hydroxyl groups is 2. The molecule has 0 atom stereocenters. The van der Waals surface area contributed by atoms with E-state index in [4.69, 9.17) is 21.1 Å². The molecule has 8 nitrogen and oxygen atoms in total. The maximum absolute atomic E-state index is 14.7. The SMILES string of the molecule is O=C1OCCOc2ccc(O)cc2-c2cc(c(F)cc2F)NS(=O)(=O)c2cc1cc(Cl)c2O. The number of carbonyl (C=O) groups excluding carboxylic acids is 1. The molecule has 0 saturated carbocycles. The van der Waals surface area contributed by atoms with E-state index in [1.807, 2.05) is 4.72 Å². The third-order valence-electron chi connectivity index (χ3n) is 4.68. The zero-order valence-electron chi connectivity index (χ0n) is 16.4. The number of rotatable bonds is 0. The van der Waals surface area contributed by atoms with Crippen molar-refractivity contribution < 1.29 is 41.7 Å². The molecule has 33 heavy (non-hydrogen) atoms. The topological polar surface area (TPSA) is 122 Å². The van der Waals surface area contributed by atoms with Gasteiger partial charge in [-0.15, -0.1) is 0 Å². The molecule has 3 aromatic carbocycles. The molecule has 0 fully saturated rings. The summed E-state index contributed by atoms with van der Waals surface area (Å²) in [4.78, 5) is 11.5. The fraction of sp³-hybridized carbons (Fsp3) is 0.0952. The molecule has 12 heteroatoms. The van der Waals surface area contributed by atoms with Crippen LogP contribution >= 0.6 is 11.6 Å². The Hall–Kier alpha value is -3.57. The molecular formula is C21H14ClF2NO7S. The lowest BCUT2D eigenvalue weighted by Gasteiger charge is -2.15. The summed E-state index contributed by atoms with van der Waals surface area (Å²) in [6.07, 6.45) is 0. The van der Waals surface area contributed by atoms with Gasteiger partial charge in [-0.05, 0) is 36.4 Å². The summed E-state index contributed by atoms with van der Waals surface area (Å²) in [6.45, 7) is -0.469. The number of phenols is 2. The van der Waals surface area contributed by atoms with E-state index < -0.39 is 49.0 Å². The number of hydrogen-bond acceptors (Lipinski definition) is 7. The van der Waals surface area contributed by atoms with Gasteiger partial charge in [0, 0.05) is 17.2 Å². The Morgan fingerprint density at radius 1 is 0.939 bits per heavy atom. The van der Waals surface area contributed by atoms with Crippen LogP contribution in [-0.4, -0.2) is 37.8 Å². The molecule has 0 aliphatic carbocycles. The van der Waals surface area contributed by atoms with Gasteiger partial charge in [-0.25, -0.2) is 22.0 Å². The van der Waals surface area contributed by atoms with Gasteiger partial charge in [0.25, 0.3) is 10.0 Å². The highest BCUT2D eigenvalue weighted by atomic mass is 35.5. The highest BCUT2D eigenvalue weighted by Gasteiger charge is 2.26. The molecule has 0 aromatic heterocycles. The van der Waals surface area contributed by atoms with Crippen LogP contribution in [0, 0.1) is 11.6 Å². The summed E-state index contributed by atoms with van der Waals surface area (Å²) in [6, 6.07) is 6.86. The minimum Gasteiger partial charge on any atom is -0.508 e. The fourth-order valence-corrected chi connectivity index (χ4v) is 4.63. The lowest BCUT2D eigenvalue weighted by molar-refractivity contribution is 0.0450. The van der Waals surface area contributed by atoms with Gasteiger partial charge >= 0.3 is 5.97 Å². The smallest absolute Gasteiger partial charge is 0.338 e. The average Bonchev–Trinajstić information content (AvgIpc) is 2.75. The van der Waals surface area contributed by atoms with E-state index in [0.29, 0.717) is 6.07 Å². The highest BCUT2D eigenvalue weighted by molar-refractivity contribution is 7.92. The Morgan fingerprint density at radius 3 is 2.42 bits per heavy atom. The second-order valence-electron chi connectivity index (χ2n) is 6.89. The van der Waals surface area contributed by atoms with Gasteiger partial charge < -0.3 is 19.7 Å². The number of esters is 1. The molecule has 3 aromatic rings. The Labute approximate surface area is 191 Å². The van der Waals surface area contributed by atoms with E-state index in [-0.39, 0.29) is 41.4 Å². The van der Waals surface area contributed by atoms with Gasteiger partial charge in [-0.2, -0.15) is 0 Å². The predicted octanol–water partition coefficient (Wildman–Crippen LogP) is 4.05. The fourth-order valence-electron chi connectivity index (χ4n) is 3.15. The summed E-state index contributed by atoms with van der Waals surface area (Å²) in [7, 11) is -4.71. The van der Waals surface area contributed by atoms with E-state index in [9.17, 15) is 32.2 Å². The minimum atomic E-state index is -4.71. The first-order valence-electron chi connectivity index (χ1n) is 9.24. The molecule has 0 spiro atoms. The molecule has 1 heterocycles. The van der Waals surface area contributed by atoms with Gasteiger partial charge in [0.2, 0.25) is 0 Å². The van der Waals surface area contributed by atoms with Crippen LogP contribution in [0.1, 0.15) is 10.4 Å². The molecule has 4 bridgehead atoms. The Morgan fingerprint density at radius 2 is 1.67 bits per heavy atom. The average molecular weight is 498 g/mol. The lowest BCUT2D eigenvalue weighted by atomic mass is 10.0. The number of fused-ring (bicyclic) bond motifs is 6. The van der Waals surface area contributed by atoms with Crippen molar-refractivity contribution in [2.24, 2.45) is 0 Å². The van der Waals surface area contributed by atoms with E-state index in [1.54, 1.807) is 0 Å². The van der Waals surface area contributed by atoms with Crippen LogP contribution in [0.2, 0.25) is 5.02 Å². The first-order valence-corrected chi connectivity index (χ1v) is 11.1. The standard InChI is InChI=1S/C21H14ClF2NO7S/c22-14-5-10-6-19(20(14)27)33(29,30)25-17-8-12(15(23)9-16(17)24)13-7-11(26)1-2-18(13)31-3-4-32-21(10)28/h1-2,5-9,25-27H,3-4H2. The molecule has 4 rings (SSSR count). The third kappa shape index (κ3) is 4.37. The number of nitrogens with one attached hydrogen (secondary N) is 1. The number of halogens is 3. The van der Waals surface area contributed by atoms with Crippen molar-refractivity contribution in [2.75, 3.05) is 17.9 Å². The Balaban J connectivity index is 1.95. The van der Waals surface area contributed by atoms with Gasteiger partial charge in [-0.1, -0.05) is 11.6 Å². The van der Waals surface area contributed by atoms with Crippen molar-refractivity contribution in [3.05, 3.63) is 64.7 Å². The minimum absolute atomic E-state index is 0.0133. The number of sulfonamides is 1. The molecule has 0 saturated heterocycles. The second-order valence-corrected chi connectivity index (χ2v) is 8.95. The largest absolute Gasteiger partial charge is 0.508 e. The van der Waals surface area contributed by atoms with Crippen LogP contribution in [-0.2, 0) is 14.8 Å². The zero-order valence-corrected chi connectivity index (χ0v) is 18.0. The van der Waals surface area contributed by atoms with Gasteiger partial charge in [-0.3, -0.25) is 4.72 Å². The summed E-state index contributed by atoms with van der Waals surface area (Å²) in [5.41, 5.74) is -1.26. The Kier molecular flexibility index (Phi) is 5.76. The van der Waals surface area contributed by atoms with Gasteiger partial charge in [0.15, 0.2) is 5.75 Å². The van der Waals surface area contributed by atoms with Crippen LogP contribution in [0.25, 0.3) is 11.1 Å². The lowest BCUT2D eigenvalue weighted by Crippen LogP contribution is -2.16. The maximum Gasteiger partial charge on any atom is 0.338 e. The molecular weight excluding hydrogens is 484 g/mol. The quantitative estimate of drug-likeness (QED) is 0.400. The van der Waals surface area contributed by atoms with Crippen LogP contribution in [0.4, 0.5) is 14.5 Å². The summed E-state index contributed by atoms with van der Waals surface area (Å²) in [5.74, 6) is -4.37. The van der Waals surface area contributed by atoms with Crippen molar-refractivity contribution in [1.82, 2.24) is 0 Å². The Bertz CT molecular complexity index is 1400. The molecule has 0 amide bonds. The number of hydrogen-bond donors (Lipinski definition) is 3. The number of phenolic OH excluding ortho intramolecular Hbond substituents is 2. The summed E-state index contributed by atoms with van der Waals surface area (Å²) >= 11 is 5.87. The second kappa shape index (κ2) is 8.41. The number of anilines is 1. The first-order chi connectivity index (χ1) is 15.6. The monoisotopic (exact) mass is 497 g/mol. The number of cyclic esters (lactones) is 1. The molecule has 1 aliphatic heterocycles. The van der Waals surface area contributed by atoms with Crippen LogP contribution < -0.4 is 9.46 Å². The molecule has 172 valence electrons. The van der Waals surface area contributed by atoms with Crippen LogP contribution in [0.3, 0.4) is 0 Å². The summed E-state index contributed by atoms with van der Waals surface area (Å²) < 4.78 is 67.5. The normalized spacial score (nSPS) is 15.2. The predicted molar refractivity (Wildman–Crippen MR) is 113 cm³/mol.